The minimum absolute atomic E-state index is 0.0124. The van der Waals surface area contributed by atoms with Gasteiger partial charge in [0.15, 0.2) is 12.0 Å². The molecular weight excluding hydrogens is 152 g/mol. The van der Waals surface area contributed by atoms with Gasteiger partial charge in [0.2, 0.25) is 0 Å². The summed E-state index contributed by atoms with van der Waals surface area (Å²) < 4.78 is 5.22. The van der Waals surface area contributed by atoms with Crippen LogP contribution >= 0.6 is 0 Å². The molecule has 0 radical (unpaired) electrons. The maximum absolute atomic E-state index is 5.75. The lowest BCUT2D eigenvalue weighted by Crippen LogP contribution is -2.04. The summed E-state index contributed by atoms with van der Waals surface area (Å²) in [5, 5.41) is 0. The number of para-hydroxylation sites is 1. The number of hydrogen-bond donors (Lipinski definition) is 1. The lowest BCUT2D eigenvalue weighted by atomic mass is 10.1. The molecule has 0 spiro atoms. The third-order valence-corrected chi connectivity index (χ3v) is 1.88. The van der Waals surface area contributed by atoms with Gasteiger partial charge in [0.25, 0.3) is 0 Å². The van der Waals surface area contributed by atoms with E-state index in [1.807, 2.05) is 25.1 Å². The van der Waals surface area contributed by atoms with Crippen LogP contribution in [0.25, 0.3) is 11.1 Å². The van der Waals surface area contributed by atoms with Crippen LogP contribution in [-0.2, 0) is 0 Å². The van der Waals surface area contributed by atoms with Gasteiger partial charge in [0, 0.05) is 11.6 Å². The highest BCUT2D eigenvalue weighted by Gasteiger charge is 2.07. The van der Waals surface area contributed by atoms with Gasteiger partial charge in [-0.25, -0.2) is 4.98 Å². The molecule has 2 aromatic rings. The summed E-state index contributed by atoms with van der Waals surface area (Å²) in [7, 11) is 0. The fourth-order valence-corrected chi connectivity index (χ4v) is 1.27. The molecule has 1 aromatic heterocycles. The molecular formula is C9H10N2O. The molecule has 3 nitrogen and oxygen atoms in total. The van der Waals surface area contributed by atoms with Crippen molar-refractivity contribution in [2.24, 2.45) is 5.73 Å². The number of benzene rings is 1. The molecule has 1 unspecified atom stereocenters. The third-order valence-electron chi connectivity index (χ3n) is 1.88. The van der Waals surface area contributed by atoms with Crippen molar-refractivity contribution in [3.63, 3.8) is 0 Å². The van der Waals surface area contributed by atoms with E-state index >= 15 is 0 Å². The molecule has 3 heteroatoms. The largest absolute Gasteiger partial charge is 0.443 e. The van der Waals surface area contributed by atoms with E-state index in [9.17, 15) is 0 Å². The Hall–Kier alpha value is -1.35. The van der Waals surface area contributed by atoms with E-state index in [4.69, 9.17) is 10.2 Å². The average Bonchev–Trinajstić information content (AvgIpc) is 2.49. The summed E-state index contributed by atoms with van der Waals surface area (Å²) >= 11 is 0. The van der Waals surface area contributed by atoms with Crippen molar-refractivity contribution < 1.29 is 4.42 Å². The van der Waals surface area contributed by atoms with Crippen molar-refractivity contribution >= 4 is 11.1 Å². The lowest BCUT2D eigenvalue weighted by molar-refractivity contribution is 0.593. The normalized spacial score (nSPS) is 13.5. The Kier molecular flexibility index (Phi) is 1.59. The summed E-state index contributed by atoms with van der Waals surface area (Å²) in [6, 6.07) is 5.79. The first kappa shape index (κ1) is 7.31. The summed E-state index contributed by atoms with van der Waals surface area (Å²) in [6.45, 7) is 1.93. The van der Waals surface area contributed by atoms with E-state index in [1.54, 1.807) is 0 Å². The number of oxazole rings is 1. The Morgan fingerprint density at radius 3 is 3.08 bits per heavy atom. The van der Waals surface area contributed by atoms with Crippen molar-refractivity contribution in [1.29, 1.82) is 0 Å². The van der Waals surface area contributed by atoms with E-state index in [0.29, 0.717) is 0 Å². The van der Waals surface area contributed by atoms with Gasteiger partial charge in [-0.15, -0.1) is 0 Å². The van der Waals surface area contributed by atoms with Gasteiger partial charge < -0.3 is 10.2 Å². The zero-order valence-corrected chi connectivity index (χ0v) is 6.82. The predicted octanol–water partition coefficient (Wildman–Crippen LogP) is 1.85. The number of aromatic nitrogens is 1. The van der Waals surface area contributed by atoms with Crippen molar-refractivity contribution in [1.82, 2.24) is 4.98 Å². The topological polar surface area (TPSA) is 52.0 Å². The van der Waals surface area contributed by atoms with E-state index in [0.717, 1.165) is 16.7 Å². The molecule has 0 aliphatic carbocycles. The highest BCUT2D eigenvalue weighted by atomic mass is 16.3. The third kappa shape index (κ3) is 0.987. The van der Waals surface area contributed by atoms with Gasteiger partial charge in [-0.05, 0) is 13.0 Å². The van der Waals surface area contributed by atoms with Crippen molar-refractivity contribution in [3.05, 3.63) is 30.2 Å². The van der Waals surface area contributed by atoms with Crippen molar-refractivity contribution in [2.75, 3.05) is 0 Å². The molecule has 0 aliphatic rings. The molecule has 1 aromatic carbocycles. The van der Waals surface area contributed by atoms with Crippen molar-refractivity contribution in [3.8, 4) is 0 Å². The monoisotopic (exact) mass is 162 g/mol. The maximum Gasteiger partial charge on any atom is 0.181 e. The van der Waals surface area contributed by atoms with Crippen molar-refractivity contribution in [2.45, 2.75) is 13.0 Å². The second kappa shape index (κ2) is 2.60. The zero-order valence-electron chi connectivity index (χ0n) is 6.82. The maximum atomic E-state index is 5.75. The second-order valence-electron chi connectivity index (χ2n) is 2.84. The van der Waals surface area contributed by atoms with Crippen LogP contribution in [0.1, 0.15) is 18.5 Å². The van der Waals surface area contributed by atoms with Gasteiger partial charge in [-0.1, -0.05) is 12.1 Å². The number of rotatable bonds is 1. The first-order valence-electron chi connectivity index (χ1n) is 3.87. The van der Waals surface area contributed by atoms with E-state index in [1.165, 1.54) is 6.39 Å². The van der Waals surface area contributed by atoms with E-state index < -0.39 is 0 Å². The first-order valence-corrected chi connectivity index (χ1v) is 3.87. The number of fused-ring (bicyclic) bond motifs is 1. The van der Waals surface area contributed by atoms with E-state index in [2.05, 4.69) is 4.98 Å². The molecule has 0 saturated heterocycles. The molecule has 1 atom stereocenters. The highest BCUT2D eigenvalue weighted by Crippen LogP contribution is 2.21. The van der Waals surface area contributed by atoms with Crippen LogP contribution in [-0.4, -0.2) is 4.98 Å². The Balaban J connectivity index is 2.73. The van der Waals surface area contributed by atoms with Crippen LogP contribution in [0.5, 0.6) is 0 Å². The van der Waals surface area contributed by atoms with Crippen LogP contribution < -0.4 is 5.73 Å². The van der Waals surface area contributed by atoms with Crippen LogP contribution in [0.15, 0.2) is 29.0 Å². The standard InChI is InChI=1S/C9H10N2O/c1-6(10)7-3-2-4-8-9(7)12-5-11-8/h2-6H,10H2,1H3. The lowest BCUT2D eigenvalue weighted by Gasteiger charge is -2.03. The van der Waals surface area contributed by atoms with Gasteiger partial charge in [-0.3, -0.25) is 0 Å². The average molecular weight is 162 g/mol. The smallest absolute Gasteiger partial charge is 0.181 e. The quantitative estimate of drug-likeness (QED) is 0.696. The van der Waals surface area contributed by atoms with Crippen LogP contribution in [0, 0.1) is 0 Å². The van der Waals surface area contributed by atoms with Gasteiger partial charge >= 0.3 is 0 Å². The zero-order chi connectivity index (χ0) is 8.55. The van der Waals surface area contributed by atoms with Crippen LogP contribution in [0.2, 0.25) is 0 Å². The molecule has 0 amide bonds. The fourth-order valence-electron chi connectivity index (χ4n) is 1.27. The molecule has 1 heterocycles. The molecule has 62 valence electrons. The SMILES string of the molecule is CC(N)c1cccc2ncoc12. The molecule has 2 N–H and O–H groups in total. The van der Waals surface area contributed by atoms with Gasteiger partial charge in [0.1, 0.15) is 5.52 Å². The molecule has 0 saturated carbocycles. The summed E-state index contributed by atoms with van der Waals surface area (Å²) in [5.74, 6) is 0. The number of nitrogens with zero attached hydrogens (tertiary/aromatic N) is 1. The Bertz CT molecular complexity index is 392. The second-order valence-corrected chi connectivity index (χ2v) is 2.84. The summed E-state index contributed by atoms with van der Waals surface area (Å²) in [4.78, 5) is 4.04. The first-order chi connectivity index (χ1) is 5.79. The predicted molar refractivity (Wildman–Crippen MR) is 46.6 cm³/mol. The number of nitrogens with two attached hydrogens (primary N) is 1. The van der Waals surface area contributed by atoms with Crippen LogP contribution in [0.4, 0.5) is 0 Å². The Labute approximate surface area is 70.2 Å². The molecule has 12 heavy (non-hydrogen) atoms. The molecule has 0 aliphatic heterocycles. The summed E-state index contributed by atoms with van der Waals surface area (Å²) in [5.41, 5.74) is 8.42. The minimum atomic E-state index is -0.0124. The molecule has 0 bridgehead atoms. The molecule has 0 fully saturated rings. The van der Waals surface area contributed by atoms with Gasteiger partial charge in [0.05, 0.1) is 0 Å². The van der Waals surface area contributed by atoms with Gasteiger partial charge in [-0.2, -0.15) is 0 Å². The Morgan fingerprint density at radius 1 is 1.50 bits per heavy atom. The summed E-state index contributed by atoms with van der Waals surface area (Å²) in [6.07, 6.45) is 1.44. The number of hydrogen-bond acceptors (Lipinski definition) is 3. The molecule has 2 rings (SSSR count). The minimum Gasteiger partial charge on any atom is -0.443 e. The van der Waals surface area contributed by atoms with E-state index in [-0.39, 0.29) is 6.04 Å². The fraction of sp³-hybridized carbons (Fsp3) is 0.222. The van der Waals surface area contributed by atoms with Crippen LogP contribution in [0.3, 0.4) is 0 Å². The Morgan fingerprint density at radius 2 is 2.33 bits per heavy atom. The highest BCUT2D eigenvalue weighted by molar-refractivity contribution is 5.76.